The molecule has 0 aliphatic carbocycles. The van der Waals surface area contributed by atoms with E-state index >= 15 is 0 Å². The summed E-state index contributed by atoms with van der Waals surface area (Å²) in [5.74, 6) is 0. The summed E-state index contributed by atoms with van der Waals surface area (Å²) >= 11 is 0. The second kappa shape index (κ2) is 54.2. The molecular weight excluding hydrogens is 1120 g/mol. The molecule has 0 amide bonds. The maximum absolute atomic E-state index is 0. The number of hydrogen-bond donors (Lipinski definition) is 0. The zero-order valence-corrected chi connectivity index (χ0v) is 19.1. The van der Waals surface area contributed by atoms with Gasteiger partial charge in [-0.25, -0.2) is 0 Å². The van der Waals surface area contributed by atoms with Gasteiger partial charge in [-0.05, 0) is 0 Å². The van der Waals surface area contributed by atoms with Crippen LogP contribution in [-0.4, -0.2) is 0 Å². The molecule has 0 rings (SSSR count). The van der Waals surface area contributed by atoms with Crippen LogP contribution in [0.3, 0.4) is 0 Å². The van der Waals surface area contributed by atoms with Crippen molar-refractivity contribution in [2.45, 2.75) is 0 Å². The van der Waals surface area contributed by atoms with Crippen LogP contribution in [0.1, 0.15) is 0 Å². The van der Waals surface area contributed by atoms with E-state index in [1.165, 1.54) is 0 Å². The van der Waals surface area contributed by atoms with Crippen LogP contribution < -0.4 is 0 Å². The Labute approximate surface area is 166 Å². The molecule has 0 radical (unpaired) electrons. The van der Waals surface area contributed by atoms with Gasteiger partial charge >= 0.3 is 0 Å². The van der Waals surface area contributed by atoms with E-state index in [1.807, 2.05) is 0 Å². The van der Waals surface area contributed by atoms with Crippen molar-refractivity contribution in [1.29, 1.82) is 0 Å². The second-order valence-corrected chi connectivity index (χ2v) is 0. The molecule has 0 saturated heterocycles. The van der Waals surface area contributed by atoms with Gasteiger partial charge in [-0.15, -0.1) is 0 Å². The summed E-state index contributed by atoms with van der Waals surface area (Å²) in [6.07, 6.45) is 0. The Hall–Kier alpha value is 5.58. The van der Waals surface area contributed by atoms with E-state index in [-0.39, 0.29) is 170 Å². The Morgan fingerprint density at radius 2 is 0.250 bits per heavy atom. The van der Waals surface area contributed by atoms with Crippen molar-refractivity contribution < 1.29 is 170 Å². The smallest absolute Gasteiger partial charge is 0 e. The van der Waals surface area contributed by atoms with Gasteiger partial charge in [0.15, 0.2) is 0 Å². The van der Waals surface area contributed by atoms with Crippen LogP contribution in [0.25, 0.3) is 0 Å². The minimum atomic E-state index is 0. The van der Waals surface area contributed by atoms with Gasteiger partial charge in [-0.3, -0.25) is 0 Å². The van der Waals surface area contributed by atoms with E-state index in [0.717, 1.165) is 0 Å². The van der Waals surface area contributed by atoms with Gasteiger partial charge in [0.1, 0.15) is 0 Å². The molecule has 0 aromatic carbocycles. The SMILES string of the molecule is [Pt].[Pt].[Pt].[Pt].[Pt].[Ti].[Ti].[Ti]. The molecule has 62 valence electrons. The Kier molecular flexibility index (Phi) is 467. The van der Waals surface area contributed by atoms with Crippen molar-refractivity contribution in [2.75, 3.05) is 0 Å². The van der Waals surface area contributed by atoms with E-state index in [4.69, 9.17) is 0 Å². The first-order valence-corrected chi connectivity index (χ1v) is 0. The zero-order valence-electron chi connectivity index (χ0n) is 3.08. The van der Waals surface area contributed by atoms with Crippen LogP contribution in [0.15, 0.2) is 0 Å². The van der Waals surface area contributed by atoms with Crippen molar-refractivity contribution in [3.63, 3.8) is 0 Å². The third kappa shape index (κ3) is 41.6. The first kappa shape index (κ1) is 69.0. The fourth-order valence-electron chi connectivity index (χ4n) is 0. The topological polar surface area (TPSA) is 0 Å². The van der Waals surface area contributed by atoms with Crippen LogP contribution in [0.4, 0.5) is 0 Å². The molecule has 0 fully saturated rings. The first-order valence-electron chi connectivity index (χ1n) is 0. The molecule has 0 spiro atoms. The fraction of sp³-hybridized carbons (Fsp3) is 0. The molecule has 0 aromatic rings. The maximum Gasteiger partial charge on any atom is 0 e. The van der Waals surface area contributed by atoms with Crippen LogP contribution in [0.2, 0.25) is 0 Å². The largest absolute Gasteiger partial charge is 0 e. The summed E-state index contributed by atoms with van der Waals surface area (Å²) in [7, 11) is 0. The quantitative estimate of drug-likeness (QED) is 0.300. The molecule has 8 heteroatoms. The fourth-order valence-corrected chi connectivity index (χ4v) is 0. The zero-order chi connectivity index (χ0) is 0. The molecule has 0 saturated carbocycles. The van der Waals surface area contributed by atoms with Gasteiger partial charge in [-0.1, -0.05) is 0 Å². The normalized spacial score (nSPS) is 0. The molecular formula is Pt5Ti3. The van der Waals surface area contributed by atoms with E-state index in [0.29, 0.717) is 0 Å². The summed E-state index contributed by atoms with van der Waals surface area (Å²) in [5, 5.41) is 0. The molecule has 8 heavy (non-hydrogen) atoms. The summed E-state index contributed by atoms with van der Waals surface area (Å²) in [5.41, 5.74) is 0. The summed E-state index contributed by atoms with van der Waals surface area (Å²) in [4.78, 5) is 0. The van der Waals surface area contributed by atoms with Gasteiger partial charge in [0.25, 0.3) is 0 Å². The standard InChI is InChI=1S/5Pt.3Ti. The predicted molar refractivity (Wildman–Crippen MR) is 0 cm³/mol. The van der Waals surface area contributed by atoms with Crippen LogP contribution in [-0.2, 0) is 170 Å². The third-order valence-corrected chi connectivity index (χ3v) is 0. The summed E-state index contributed by atoms with van der Waals surface area (Å²) < 4.78 is 0. The molecule has 0 bridgehead atoms. The maximum atomic E-state index is 0. The summed E-state index contributed by atoms with van der Waals surface area (Å²) in [6.45, 7) is 0. The molecule has 0 N–H and O–H groups in total. The third-order valence-electron chi connectivity index (χ3n) is 0. The Bertz CT molecular complexity index is 7.64. The van der Waals surface area contributed by atoms with Crippen molar-refractivity contribution >= 4 is 0 Å². The van der Waals surface area contributed by atoms with Crippen LogP contribution >= 0.6 is 0 Å². The first-order chi connectivity index (χ1) is 0. The van der Waals surface area contributed by atoms with Gasteiger partial charge in [0.2, 0.25) is 0 Å². The Balaban J connectivity index is 0. The van der Waals surface area contributed by atoms with Gasteiger partial charge in [0.05, 0.1) is 0 Å². The molecule has 0 unspecified atom stereocenters. The van der Waals surface area contributed by atoms with Gasteiger partial charge in [-0.2, -0.15) is 0 Å². The Morgan fingerprint density at radius 1 is 0.250 bits per heavy atom. The van der Waals surface area contributed by atoms with E-state index in [9.17, 15) is 0 Å². The van der Waals surface area contributed by atoms with E-state index in [1.54, 1.807) is 0 Å². The van der Waals surface area contributed by atoms with Crippen LogP contribution in [0, 0.1) is 0 Å². The van der Waals surface area contributed by atoms with Crippen LogP contribution in [0.5, 0.6) is 0 Å². The van der Waals surface area contributed by atoms with Crippen molar-refractivity contribution in [2.24, 2.45) is 0 Å². The van der Waals surface area contributed by atoms with Crippen molar-refractivity contribution in [3.05, 3.63) is 0 Å². The number of rotatable bonds is 0. The second-order valence-electron chi connectivity index (χ2n) is 0. The molecule has 0 aliphatic heterocycles. The van der Waals surface area contributed by atoms with Gasteiger partial charge in [0, 0.05) is 170 Å². The van der Waals surface area contributed by atoms with Crippen molar-refractivity contribution in [3.8, 4) is 0 Å². The average Bonchev–Trinajstić information content (AvgIpc) is 0. The molecule has 0 atom stereocenters. The van der Waals surface area contributed by atoms with Gasteiger partial charge < -0.3 is 0 Å². The predicted octanol–water partition coefficient (Wildman–Crippen LogP) is -0.0200. The Morgan fingerprint density at radius 3 is 0.250 bits per heavy atom. The molecule has 0 aliphatic rings. The molecule has 0 heterocycles. The monoisotopic (exact) mass is 1120 g/mol. The minimum Gasteiger partial charge on any atom is 0 e. The summed E-state index contributed by atoms with van der Waals surface area (Å²) in [6, 6.07) is 0. The molecule has 0 aromatic heterocycles. The number of hydrogen-bond acceptors (Lipinski definition) is 0. The average molecular weight is 1120 g/mol. The van der Waals surface area contributed by atoms with E-state index < -0.39 is 0 Å². The van der Waals surface area contributed by atoms with E-state index in [2.05, 4.69) is 0 Å². The van der Waals surface area contributed by atoms with Crippen molar-refractivity contribution in [1.82, 2.24) is 0 Å². The molecule has 0 nitrogen and oxygen atoms in total. The minimum absolute atomic E-state index is 0.